The number of ether oxygens (including phenoxy) is 2. The third kappa shape index (κ3) is 5.68. The predicted octanol–water partition coefficient (Wildman–Crippen LogP) is 4.17. The Kier molecular flexibility index (Phi) is 6.88. The van der Waals surface area contributed by atoms with Gasteiger partial charge in [-0.1, -0.05) is 20.8 Å². The number of hydrogen-bond acceptors (Lipinski definition) is 3. The second kappa shape index (κ2) is 8.18. The first kappa shape index (κ1) is 18.5. The Balaban J connectivity index is 2.70. The molecule has 124 valence electrons. The van der Waals surface area contributed by atoms with Crippen LogP contribution in [0.15, 0.2) is 18.2 Å². The fourth-order valence-electron chi connectivity index (χ4n) is 1.85. The number of aryl methyl sites for hydroxylation is 1. The van der Waals surface area contributed by atoms with Crippen molar-refractivity contribution in [3.05, 3.63) is 23.8 Å². The fourth-order valence-corrected chi connectivity index (χ4v) is 1.85. The zero-order valence-electron chi connectivity index (χ0n) is 14.7. The van der Waals surface area contributed by atoms with Crippen LogP contribution in [0.3, 0.4) is 0 Å². The molecule has 0 spiro atoms. The number of nitrogens with one attached hydrogen (secondary N) is 1. The summed E-state index contributed by atoms with van der Waals surface area (Å²) < 4.78 is 11.3. The van der Waals surface area contributed by atoms with Crippen molar-refractivity contribution >= 4 is 11.6 Å². The van der Waals surface area contributed by atoms with Crippen LogP contribution < -0.4 is 10.1 Å². The normalized spacial score (nSPS) is 11.6. The lowest BCUT2D eigenvalue weighted by atomic mass is 10.1. The highest BCUT2D eigenvalue weighted by molar-refractivity contribution is 5.96. The molecule has 0 radical (unpaired) electrons. The molecule has 0 aromatic heterocycles. The van der Waals surface area contributed by atoms with Crippen molar-refractivity contribution in [1.82, 2.24) is 0 Å². The van der Waals surface area contributed by atoms with Gasteiger partial charge in [0.05, 0.1) is 6.61 Å². The van der Waals surface area contributed by atoms with Crippen LogP contribution in [0, 0.1) is 12.8 Å². The molecule has 0 bridgehead atoms. The average Bonchev–Trinajstić information content (AvgIpc) is 2.44. The molecule has 22 heavy (non-hydrogen) atoms. The Labute approximate surface area is 134 Å². The topological polar surface area (TPSA) is 47.6 Å². The summed E-state index contributed by atoms with van der Waals surface area (Å²) in [5.41, 5.74) is 0.926. The van der Waals surface area contributed by atoms with Gasteiger partial charge in [-0.25, -0.2) is 0 Å². The van der Waals surface area contributed by atoms with Gasteiger partial charge < -0.3 is 14.8 Å². The molecule has 1 rings (SSSR count). The van der Waals surface area contributed by atoms with E-state index in [2.05, 4.69) is 19.2 Å². The molecule has 0 aliphatic carbocycles. The second-order valence-corrected chi connectivity index (χ2v) is 6.50. The maximum atomic E-state index is 12.3. The number of amides is 1. The summed E-state index contributed by atoms with van der Waals surface area (Å²) in [5.74, 6) is 1.19. The monoisotopic (exact) mass is 307 g/mol. The molecule has 0 unspecified atom stereocenters. The van der Waals surface area contributed by atoms with Crippen LogP contribution in [-0.4, -0.2) is 24.7 Å². The van der Waals surface area contributed by atoms with Crippen molar-refractivity contribution in [2.75, 3.05) is 18.5 Å². The molecule has 1 aromatic rings. The fraction of sp³-hybridized carbons (Fsp3) is 0.611. The Hall–Kier alpha value is -1.55. The molecular formula is C18H29NO3. The number of carbonyl (C=O) groups excluding carboxylic acids is 1. The summed E-state index contributed by atoms with van der Waals surface area (Å²) in [4.78, 5) is 12.3. The summed E-state index contributed by atoms with van der Waals surface area (Å²) in [6, 6.07) is 5.67. The SMILES string of the molecule is CCCOC(C)(C)C(=O)Nc1ccc(OCC(C)C)c(C)c1. The molecule has 1 N–H and O–H groups in total. The van der Waals surface area contributed by atoms with Crippen LogP contribution in [0.5, 0.6) is 5.75 Å². The lowest BCUT2D eigenvalue weighted by Gasteiger charge is -2.24. The Morgan fingerprint density at radius 1 is 1.32 bits per heavy atom. The minimum Gasteiger partial charge on any atom is -0.493 e. The van der Waals surface area contributed by atoms with E-state index in [1.54, 1.807) is 13.8 Å². The number of carbonyl (C=O) groups is 1. The lowest BCUT2D eigenvalue weighted by molar-refractivity contribution is -0.137. The number of anilines is 1. The number of hydrogen-bond donors (Lipinski definition) is 1. The van der Waals surface area contributed by atoms with Gasteiger partial charge in [0.25, 0.3) is 5.91 Å². The van der Waals surface area contributed by atoms with Gasteiger partial charge in [-0.2, -0.15) is 0 Å². The smallest absolute Gasteiger partial charge is 0.256 e. The van der Waals surface area contributed by atoms with Crippen LogP contribution in [-0.2, 0) is 9.53 Å². The number of rotatable bonds is 8. The van der Waals surface area contributed by atoms with E-state index in [1.165, 1.54) is 0 Å². The Bertz CT molecular complexity index is 495. The molecule has 0 saturated carbocycles. The van der Waals surface area contributed by atoms with E-state index in [0.717, 1.165) is 23.4 Å². The zero-order chi connectivity index (χ0) is 16.8. The van der Waals surface area contributed by atoms with E-state index in [1.807, 2.05) is 32.0 Å². The zero-order valence-corrected chi connectivity index (χ0v) is 14.7. The van der Waals surface area contributed by atoms with Gasteiger partial charge in [0.15, 0.2) is 0 Å². The van der Waals surface area contributed by atoms with Crippen molar-refractivity contribution in [3.63, 3.8) is 0 Å². The third-order valence-corrected chi connectivity index (χ3v) is 3.22. The number of benzene rings is 1. The van der Waals surface area contributed by atoms with Gasteiger partial charge in [0.1, 0.15) is 11.4 Å². The van der Waals surface area contributed by atoms with Gasteiger partial charge >= 0.3 is 0 Å². The highest BCUT2D eigenvalue weighted by atomic mass is 16.5. The second-order valence-electron chi connectivity index (χ2n) is 6.50. The van der Waals surface area contributed by atoms with Crippen molar-refractivity contribution in [1.29, 1.82) is 0 Å². The molecule has 1 aromatic carbocycles. The first-order valence-corrected chi connectivity index (χ1v) is 7.95. The first-order chi connectivity index (χ1) is 10.3. The van der Waals surface area contributed by atoms with Crippen LogP contribution >= 0.6 is 0 Å². The van der Waals surface area contributed by atoms with Crippen molar-refractivity contribution in [2.45, 2.75) is 53.6 Å². The van der Waals surface area contributed by atoms with Gasteiger partial charge in [0, 0.05) is 12.3 Å². The molecule has 0 heterocycles. The van der Waals surface area contributed by atoms with Gasteiger partial charge in [-0.05, 0) is 56.9 Å². The van der Waals surface area contributed by atoms with Gasteiger partial charge in [-0.3, -0.25) is 4.79 Å². The molecule has 4 heteroatoms. The maximum Gasteiger partial charge on any atom is 0.256 e. The standard InChI is InChI=1S/C18H29NO3/c1-7-10-22-18(5,6)17(20)19-15-8-9-16(14(4)11-15)21-12-13(2)3/h8-9,11,13H,7,10,12H2,1-6H3,(H,19,20). The minimum absolute atomic E-state index is 0.142. The minimum atomic E-state index is -0.837. The molecule has 0 saturated heterocycles. The van der Waals surface area contributed by atoms with Crippen molar-refractivity contribution < 1.29 is 14.3 Å². The average molecular weight is 307 g/mol. The maximum absolute atomic E-state index is 12.3. The molecule has 1 amide bonds. The van der Waals surface area contributed by atoms with Crippen LogP contribution in [0.1, 0.15) is 46.6 Å². The van der Waals surface area contributed by atoms with Gasteiger partial charge in [0.2, 0.25) is 0 Å². The summed E-state index contributed by atoms with van der Waals surface area (Å²) in [5, 5.41) is 2.90. The molecular weight excluding hydrogens is 278 g/mol. The third-order valence-electron chi connectivity index (χ3n) is 3.22. The van der Waals surface area contributed by atoms with E-state index >= 15 is 0 Å². The largest absolute Gasteiger partial charge is 0.493 e. The Morgan fingerprint density at radius 3 is 2.55 bits per heavy atom. The van der Waals surface area contributed by atoms with Crippen LogP contribution in [0.2, 0.25) is 0 Å². The first-order valence-electron chi connectivity index (χ1n) is 7.95. The molecule has 4 nitrogen and oxygen atoms in total. The summed E-state index contributed by atoms with van der Waals surface area (Å²) in [6.45, 7) is 13.0. The molecule has 0 fully saturated rings. The summed E-state index contributed by atoms with van der Waals surface area (Å²) >= 11 is 0. The lowest BCUT2D eigenvalue weighted by Crippen LogP contribution is -2.40. The molecule has 0 aliphatic heterocycles. The van der Waals surface area contributed by atoms with Crippen LogP contribution in [0.4, 0.5) is 5.69 Å². The van der Waals surface area contributed by atoms with E-state index in [0.29, 0.717) is 19.1 Å². The van der Waals surface area contributed by atoms with E-state index in [9.17, 15) is 4.79 Å². The molecule has 0 atom stereocenters. The van der Waals surface area contributed by atoms with E-state index < -0.39 is 5.60 Å². The summed E-state index contributed by atoms with van der Waals surface area (Å²) in [6.07, 6.45) is 0.887. The van der Waals surface area contributed by atoms with E-state index in [-0.39, 0.29) is 5.91 Å². The van der Waals surface area contributed by atoms with Crippen molar-refractivity contribution in [2.24, 2.45) is 5.92 Å². The van der Waals surface area contributed by atoms with Crippen LogP contribution in [0.25, 0.3) is 0 Å². The predicted molar refractivity (Wildman–Crippen MR) is 90.5 cm³/mol. The Morgan fingerprint density at radius 2 is 2.00 bits per heavy atom. The van der Waals surface area contributed by atoms with Crippen molar-refractivity contribution in [3.8, 4) is 5.75 Å². The van der Waals surface area contributed by atoms with Gasteiger partial charge in [-0.15, -0.1) is 0 Å². The summed E-state index contributed by atoms with van der Waals surface area (Å²) in [7, 11) is 0. The highest BCUT2D eigenvalue weighted by Gasteiger charge is 2.28. The highest BCUT2D eigenvalue weighted by Crippen LogP contribution is 2.23. The molecule has 0 aliphatic rings. The van der Waals surface area contributed by atoms with E-state index in [4.69, 9.17) is 9.47 Å². The quantitative estimate of drug-likeness (QED) is 0.784.